The fourth-order valence-corrected chi connectivity index (χ4v) is 2.09. The predicted molar refractivity (Wildman–Crippen MR) is 90.5 cm³/mol. The van der Waals surface area contributed by atoms with E-state index in [1.807, 2.05) is 0 Å². The SMILES string of the molecule is CCOC(=O)Nc1ccc(C(=O)NNC(=O)c2cc(Br)c[nH]2)cc1. The molecule has 0 aliphatic carbocycles. The number of H-pyrrole nitrogens is 1. The Hall–Kier alpha value is -2.81. The first-order valence-corrected chi connectivity index (χ1v) is 7.77. The molecule has 1 heterocycles. The number of aromatic nitrogens is 1. The number of carbonyl (C=O) groups excluding carboxylic acids is 3. The van der Waals surface area contributed by atoms with Crippen LogP contribution in [-0.4, -0.2) is 29.5 Å². The zero-order chi connectivity index (χ0) is 17.5. The van der Waals surface area contributed by atoms with Gasteiger partial charge in [0.05, 0.1) is 6.61 Å². The van der Waals surface area contributed by atoms with Crippen molar-refractivity contribution >= 4 is 39.5 Å². The van der Waals surface area contributed by atoms with Gasteiger partial charge in [-0.25, -0.2) is 4.79 Å². The Bertz CT molecular complexity index is 742. The standard InChI is InChI=1S/C15H15BrN4O4/c1-2-24-15(23)18-11-5-3-9(4-6-11)13(21)19-20-14(22)12-7-10(16)8-17-12/h3-8,17H,2H2,1H3,(H,18,23)(H,19,21)(H,20,22). The lowest BCUT2D eigenvalue weighted by atomic mass is 10.2. The van der Waals surface area contributed by atoms with E-state index in [9.17, 15) is 14.4 Å². The summed E-state index contributed by atoms with van der Waals surface area (Å²) in [6.45, 7) is 1.97. The average molecular weight is 395 g/mol. The molecular weight excluding hydrogens is 380 g/mol. The third kappa shape index (κ3) is 4.85. The summed E-state index contributed by atoms with van der Waals surface area (Å²) in [6.07, 6.45) is 1.03. The maximum Gasteiger partial charge on any atom is 0.411 e. The van der Waals surface area contributed by atoms with E-state index in [-0.39, 0.29) is 6.61 Å². The van der Waals surface area contributed by atoms with Gasteiger partial charge in [0, 0.05) is 21.9 Å². The lowest BCUT2D eigenvalue weighted by Gasteiger charge is -2.08. The zero-order valence-corrected chi connectivity index (χ0v) is 14.3. The highest BCUT2D eigenvalue weighted by Crippen LogP contribution is 2.11. The Kier molecular flexibility index (Phi) is 5.96. The molecule has 2 rings (SSSR count). The van der Waals surface area contributed by atoms with E-state index < -0.39 is 17.9 Å². The van der Waals surface area contributed by atoms with Crippen molar-refractivity contribution in [2.75, 3.05) is 11.9 Å². The van der Waals surface area contributed by atoms with Gasteiger partial charge >= 0.3 is 6.09 Å². The highest BCUT2D eigenvalue weighted by Gasteiger charge is 2.11. The van der Waals surface area contributed by atoms with Crippen molar-refractivity contribution in [3.05, 3.63) is 52.3 Å². The third-order valence-corrected chi connectivity index (χ3v) is 3.31. The maximum absolute atomic E-state index is 12.0. The van der Waals surface area contributed by atoms with Crippen molar-refractivity contribution in [3.8, 4) is 0 Å². The number of ether oxygens (including phenoxy) is 1. The van der Waals surface area contributed by atoms with Crippen LogP contribution >= 0.6 is 15.9 Å². The van der Waals surface area contributed by atoms with Crippen molar-refractivity contribution in [2.45, 2.75) is 6.92 Å². The lowest BCUT2D eigenvalue weighted by molar-refractivity contribution is 0.0844. The Balaban J connectivity index is 1.88. The third-order valence-electron chi connectivity index (χ3n) is 2.85. The fraction of sp³-hybridized carbons (Fsp3) is 0.133. The molecule has 0 bridgehead atoms. The van der Waals surface area contributed by atoms with Crippen molar-refractivity contribution in [1.29, 1.82) is 0 Å². The second kappa shape index (κ2) is 8.16. The van der Waals surface area contributed by atoms with Crippen molar-refractivity contribution in [1.82, 2.24) is 15.8 Å². The lowest BCUT2D eigenvalue weighted by Crippen LogP contribution is -2.41. The van der Waals surface area contributed by atoms with Crippen LogP contribution in [-0.2, 0) is 4.74 Å². The van der Waals surface area contributed by atoms with Crippen LogP contribution in [0.2, 0.25) is 0 Å². The minimum Gasteiger partial charge on any atom is -0.450 e. The predicted octanol–water partition coefficient (Wildman–Crippen LogP) is 2.42. The molecular formula is C15H15BrN4O4. The zero-order valence-electron chi connectivity index (χ0n) is 12.7. The molecule has 1 aromatic heterocycles. The number of halogens is 1. The molecule has 0 aliphatic rings. The second-order valence-electron chi connectivity index (χ2n) is 4.56. The molecule has 4 N–H and O–H groups in total. The molecule has 3 amide bonds. The first-order valence-electron chi connectivity index (χ1n) is 6.98. The number of aromatic amines is 1. The van der Waals surface area contributed by atoms with Crippen LogP contribution in [0.5, 0.6) is 0 Å². The van der Waals surface area contributed by atoms with Gasteiger partial charge in [-0.2, -0.15) is 0 Å². The summed E-state index contributed by atoms with van der Waals surface area (Å²) < 4.78 is 5.47. The molecule has 0 radical (unpaired) electrons. The summed E-state index contributed by atoms with van der Waals surface area (Å²) in [5.41, 5.74) is 5.70. The van der Waals surface area contributed by atoms with E-state index in [2.05, 4.69) is 37.1 Å². The van der Waals surface area contributed by atoms with Gasteiger partial charge in [0.15, 0.2) is 0 Å². The van der Waals surface area contributed by atoms with Gasteiger partial charge in [-0.1, -0.05) is 0 Å². The van der Waals surface area contributed by atoms with Gasteiger partial charge in [-0.3, -0.25) is 25.8 Å². The maximum atomic E-state index is 12.0. The molecule has 0 saturated carbocycles. The number of anilines is 1. The highest BCUT2D eigenvalue weighted by atomic mass is 79.9. The molecule has 126 valence electrons. The quantitative estimate of drug-likeness (QED) is 0.596. The molecule has 0 saturated heterocycles. The molecule has 0 atom stereocenters. The van der Waals surface area contributed by atoms with Crippen LogP contribution in [0.1, 0.15) is 27.8 Å². The molecule has 0 spiro atoms. The van der Waals surface area contributed by atoms with E-state index in [1.54, 1.807) is 31.3 Å². The van der Waals surface area contributed by atoms with Crippen LogP contribution in [0.4, 0.5) is 10.5 Å². The summed E-state index contributed by atoms with van der Waals surface area (Å²) in [6, 6.07) is 7.70. The number of amides is 3. The van der Waals surface area contributed by atoms with Gasteiger partial charge in [-0.15, -0.1) is 0 Å². The van der Waals surface area contributed by atoms with Crippen LogP contribution in [0.3, 0.4) is 0 Å². The van der Waals surface area contributed by atoms with Crippen LogP contribution in [0, 0.1) is 0 Å². The molecule has 0 fully saturated rings. The molecule has 0 unspecified atom stereocenters. The Labute approximate surface area is 146 Å². The van der Waals surface area contributed by atoms with E-state index in [4.69, 9.17) is 4.74 Å². The molecule has 24 heavy (non-hydrogen) atoms. The number of benzene rings is 1. The number of hydrogen-bond donors (Lipinski definition) is 4. The Morgan fingerprint density at radius 1 is 1.12 bits per heavy atom. The number of carbonyl (C=O) groups is 3. The fourth-order valence-electron chi connectivity index (χ4n) is 1.74. The number of nitrogens with one attached hydrogen (secondary N) is 4. The van der Waals surface area contributed by atoms with Crippen molar-refractivity contribution in [2.24, 2.45) is 0 Å². The summed E-state index contributed by atoms with van der Waals surface area (Å²) in [5, 5.41) is 2.51. The van der Waals surface area contributed by atoms with Gasteiger partial charge < -0.3 is 9.72 Å². The molecule has 0 aliphatic heterocycles. The van der Waals surface area contributed by atoms with Gasteiger partial charge in [-0.05, 0) is 53.2 Å². The molecule has 1 aromatic carbocycles. The number of rotatable bonds is 4. The average Bonchev–Trinajstić information content (AvgIpc) is 3.00. The topological polar surface area (TPSA) is 112 Å². The van der Waals surface area contributed by atoms with E-state index in [1.165, 1.54) is 12.1 Å². The summed E-state index contributed by atoms with van der Waals surface area (Å²) >= 11 is 3.21. The van der Waals surface area contributed by atoms with Gasteiger partial charge in [0.2, 0.25) is 0 Å². The highest BCUT2D eigenvalue weighted by molar-refractivity contribution is 9.10. The smallest absolute Gasteiger partial charge is 0.411 e. The normalized spacial score (nSPS) is 9.92. The minimum atomic E-state index is -0.570. The van der Waals surface area contributed by atoms with Gasteiger partial charge in [0.1, 0.15) is 5.69 Å². The first kappa shape index (κ1) is 17.5. The summed E-state index contributed by atoms with van der Waals surface area (Å²) in [5.74, 6) is -0.966. The Morgan fingerprint density at radius 2 is 1.79 bits per heavy atom. The second-order valence-corrected chi connectivity index (χ2v) is 5.48. The molecule has 9 heteroatoms. The first-order chi connectivity index (χ1) is 11.5. The molecule has 8 nitrogen and oxygen atoms in total. The van der Waals surface area contributed by atoms with Gasteiger partial charge in [0.25, 0.3) is 11.8 Å². The van der Waals surface area contributed by atoms with Crippen molar-refractivity contribution in [3.63, 3.8) is 0 Å². The van der Waals surface area contributed by atoms with E-state index in [0.717, 1.165) is 4.47 Å². The van der Waals surface area contributed by atoms with E-state index in [0.29, 0.717) is 16.9 Å². The minimum absolute atomic E-state index is 0.267. The monoisotopic (exact) mass is 394 g/mol. The number of hydrazine groups is 1. The van der Waals surface area contributed by atoms with Crippen LogP contribution in [0.25, 0.3) is 0 Å². The largest absolute Gasteiger partial charge is 0.450 e. The van der Waals surface area contributed by atoms with Crippen LogP contribution < -0.4 is 16.2 Å². The molecule has 2 aromatic rings. The summed E-state index contributed by atoms with van der Waals surface area (Å²) in [4.78, 5) is 37.8. The summed E-state index contributed by atoms with van der Waals surface area (Å²) in [7, 11) is 0. The van der Waals surface area contributed by atoms with E-state index >= 15 is 0 Å². The van der Waals surface area contributed by atoms with Crippen LogP contribution in [0.15, 0.2) is 41.0 Å². The Morgan fingerprint density at radius 3 is 2.38 bits per heavy atom. The van der Waals surface area contributed by atoms with Crippen molar-refractivity contribution < 1.29 is 19.1 Å². The number of hydrogen-bond acceptors (Lipinski definition) is 4.